The normalized spacial score (nSPS) is 11.2. The van der Waals surface area contributed by atoms with Gasteiger partial charge in [-0.15, -0.1) is 0 Å². The summed E-state index contributed by atoms with van der Waals surface area (Å²) in [5, 5.41) is 3.45. The SMILES string of the molecule is CCN(CCC(=O)Nc1c(Cl)cc(N)cc1Cl)CC(C)C. The molecule has 0 spiro atoms. The van der Waals surface area contributed by atoms with E-state index in [1.54, 1.807) is 12.1 Å². The molecule has 0 aromatic heterocycles. The first-order valence-corrected chi connectivity index (χ1v) is 7.85. The van der Waals surface area contributed by atoms with E-state index in [0.29, 0.717) is 40.3 Å². The summed E-state index contributed by atoms with van der Waals surface area (Å²) < 4.78 is 0. The van der Waals surface area contributed by atoms with Gasteiger partial charge >= 0.3 is 0 Å². The lowest BCUT2D eigenvalue weighted by atomic mass is 10.2. The Labute approximate surface area is 136 Å². The second-order valence-corrected chi connectivity index (χ2v) is 6.26. The maximum atomic E-state index is 12.0. The number of carbonyl (C=O) groups excluding carboxylic acids is 1. The van der Waals surface area contributed by atoms with Crippen LogP contribution in [0.25, 0.3) is 0 Å². The molecule has 0 saturated carbocycles. The van der Waals surface area contributed by atoms with Gasteiger partial charge in [0, 0.05) is 25.2 Å². The van der Waals surface area contributed by atoms with Gasteiger partial charge in [-0.25, -0.2) is 0 Å². The van der Waals surface area contributed by atoms with Gasteiger partial charge in [0.1, 0.15) is 0 Å². The number of nitrogens with zero attached hydrogens (tertiary/aromatic N) is 1. The Morgan fingerprint density at radius 2 is 1.90 bits per heavy atom. The summed E-state index contributed by atoms with van der Waals surface area (Å²) >= 11 is 12.1. The fourth-order valence-corrected chi connectivity index (χ4v) is 2.67. The predicted molar refractivity (Wildman–Crippen MR) is 91.1 cm³/mol. The van der Waals surface area contributed by atoms with E-state index in [2.05, 4.69) is 31.0 Å². The minimum absolute atomic E-state index is 0.106. The van der Waals surface area contributed by atoms with Crippen molar-refractivity contribution >= 4 is 40.5 Å². The lowest BCUT2D eigenvalue weighted by Crippen LogP contribution is -2.31. The largest absolute Gasteiger partial charge is 0.399 e. The molecule has 1 amide bonds. The fourth-order valence-electron chi connectivity index (χ4n) is 2.07. The summed E-state index contributed by atoms with van der Waals surface area (Å²) in [5.41, 5.74) is 6.52. The average Bonchev–Trinajstić information content (AvgIpc) is 2.38. The molecule has 0 aliphatic rings. The van der Waals surface area contributed by atoms with E-state index >= 15 is 0 Å². The van der Waals surface area contributed by atoms with Crippen molar-refractivity contribution in [2.75, 3.05) is 30.7 Å². The summed E-state index contributed by atoms with van der Waals surface area (Å²) in [6.07, 6.45) is 0.400. The van der Waals surface area contributed by atoms with E-state index in [1.807, 2.05) is 0 Å². The Bertz CT molecular complexity index is 469. The van der Waals surface area contributed by atoms with Crippen LogP contribution in [0.2, 0.25) is 10.0 Å². The number of hydrogen-bond acceptors (Lipinski definition) is 3. The lowest BCUT2D eigenvalue weighted by Gasteiger charge is -2.22. The number of nitrogens with two attached hydrogens (primary N) is 1. The van der Waals surface area contributed by atoms with Gasteiger partial charge in [0.05, 0.1) is 15.7 Å². The molecule has 0 aliphatic carbocycles. The highest BCUT2D eigenvalue weighted by atomic mass is 35.5. The maximum Gasteiger partial charge on any atom is 0.225 e. The zero-order chi connectivity index (χ0) is 16.0. The highest BCUT2D eigenvalue weighted by molar-refractivity contribution is 6.40. The Kier molecular flexibility index (Phi) is 7.29. The lowest BCUT2D eigenvalue weighted by molar-refractivity contribution is -0.116. The van der Waals surface area contributed by atoms with E-state index in [9.17, 15) is 4.79 Å². The van der Waals surface area contributed by atoms with Crippen LogP contribution < -0.4 is 11.1 Å². The second-order valence-electron chi connectivity index (χ2n) is 5.44. The molecule has 0 radical (unpaired) electrons. The van der Waals surface area contributed by atoms with E-state index in [0.717, 1.165) is 13.1 Å². The van der Waals surface area contributed by atoms with Crippen LogP contribution in [-0.2, 0) is 4.79 Å². The first-order chi connectivity index (χ1) is 9.83. The van der Waals surface area contributed by atoms with Gasteiger partial charge in [0.15, 0.2) is 0 Å². The summed E-state index contributed by atoms with van der Waals surface area (Å²) in [4.78, 5) is 14.3. The molecular formula is C15H23Cl2N3O. The number of carbonyl (C=O) groups is 1. The summed E-state index contributed by atoms with van der Waals surface area (Å²) in [6.45, 7) is 9.04. The van der Waals surface area contributed by atoms with Gasteiger partial charge in [0.2, 0.25) is 5.91 Å². The number of rotatable bonds is 7. The van der Waals surface area contributed by atoms with Gasteiger partial charge in [-0.1, -0.05) is 44.0 Å². The summed E-state index contributed by atoms with van der Waals surface area (Å²) in [7, 11) is 0. The third kappa shape index (κ3) is 6.12. The number of nitrogens with one attached hydrogen (secondary N) is 1. The molecule has 21 heavy (non-hydrogen) atoms. The van der Waals surface area contributed by atoms with Crippen LogP contribution in [0.4, 0.5) is 11.4 Å². The van der Waals surface area contributed by atoms with E-state index in [-0.39, 0.29) is 5.91 Å². The third-order valence-corrected chi connectivity index (χ3v) is 3.65. The first kappa shape index (κ1) is 18.1. The predicted octanol–water partition coefficient (Wildman–Crippen LogP) is 3.88. The smallest absolute Gasteiger partial charge is 0.225 e. The van der Waals surface area contributed by atoms with Crippen LogP contribution in [0.5, 0.6) is 0 Å². The topological polar surface area (TPSA) is 58.4 Å². The minimum Gasteiger partial charge on any atom is -0.399 e. The molecule has 1 aromatic carbocycles. The molecule has 0 fully saturated rings. The number of benzene rings is 1. The molecular weight excluding hydrogens is 309 g/mol. The van der Waals surface area contributed by atoms with Crippen molar-refractivity contribution in [1.82, 2.24) is 4.90 Å². The molecule has 0 atom stereocenters. The Hall–Kier alpha value is -0.970. The molecule has 4 nitrogen and oxygen atoms in total. The number of amides is 1. The number of nitrogen functional groups attached to an aromatic ring is 1. The van der Waals surface area contributed by atoms with Crippen molar-refractivity contribution in [1.29, 1.82) is 0 Å². The van der Waals surface area contributed by atoms with Crippen molar-refractivity contribution in [3.8, 4) is 0 Å². The number of halogens is 2. The van der Waals surface area contributed by atoms with Gasteiger partial charge in [0.25, 0.3) is 0 Å². The quantitative estimate of drug-likeness (QED) is 0.745. The summed E-state index contributed by atoms with van der Waals surface area (Å²) in [5.74, 6) is 0.472. The van der Waals surface area contributed by atoms with E-state index in [1.165, 1.54) is 0 Å². The molecule has 3 N–H and O–H groups in total. The molecule has 0 saturated heterocycles. The van der Waals surface area contributed by atoms with Gasteiger partial charge < -0.3 is 16.0 Å². The van der Waals surface area contributed by atoms with Crippen LogP contribution in [-0.4, -0.2) is 30.4 Å². The molecule has 0 unspecified atom stereocenters. The first-order valence-electron chi connectivity index (χ1n) is 7.10. The molecule has 1 aromatic rings. The van der Waals surface area contributed by atoms with Crippen LogP contribution >= 0.6 is 23.2 Å². The third-order valence-electron chi connectivity index (χ3n) is 3.05. The fraction of sp³-hybridized carbons (Fsp3) is 0.533. The monoisotopic (exact) mass is 331 g/mol. The number of hydrogen-bond donors (Lipinski definition) is 2. The summed E-state index contributed by atoms with van der Waals surface area (Å²) in [6, 6.07) is 3.14. The van der Waals surface area contributed by atoms with Crippen molar-refractivity contribution < 1.29 is 4.79 Å². The van der Waals surface area contributed by atoms with Crippen molar-refractivity contribution in [2.45, 2.75) is 27.2 Å². The highest BCUT2D eigenvalue weighted by Crippen LogP contribution is 2.32. The minimum atomic E-state index is -0.106. The van der Waals surface area contributed by atoms with E-state index in [4.69, 9.17) is 28.9 Å². The van der Waals surface area contributed by atoms with Crippen LogP contribution in [0.1, 0.15) is 27.2 Å². The molecule has 118 valence electrons. The Balaban J connectivity index is 2.58. The molecule has 0 aliphatic heterocycles. The average molecular weight is 332 g/mol. The molecule has 1 rings (SSSR count). The molecule has 6 heteroatoms. The Morgan fingerprint density at radius 1 is 1.33 bits per heavy atom. The number of anilines is 2. The molecule has 0 heterocycles. The second kappa shape index (κ2) is 8.47. The highest BCUT2D eigenvalue weighted by Gasteiger charge is 2.12. The van der Waals surface area contributed by atoms with Crippen molar-refractivity contribution in [3.63, 3.8) is 0 Å². The van der Waals surface area contributed by atoms with Crippen LogP contribution in [0, 0.1) is 5.92 Å². The molecule has 0 bridgehead atoms. The van der Waals surface area contributed by atoms with E-state index < -0.39 is 0 Å². The van der Waals surface area contributed by atoms with Crippen molar-refractivity contribution in [2.24, 2.45) is 5.92 Å². The zero-order valence-electron chi connectivity index (χ0n) is 12.7. The maximum absolute atomic E-state index is 12.0. The van der Waals surface area contributed by atoms with Gasteiger partial charge in [-0.2, -0.15) is 0 Å². The standard InChI is InChI=1S/C15H23Cl2N3O/c1-4-20(9-10(2)3)6-5-14(21)19-15-12(16)7-11(18)8-13(15)17/h7-8,10H,4-6,9,18H2,1-3H3,(H,19,21). The van der Waals surface area contributed by atoms with Gasteiger partial charge in [-0.05, 0) is 24.6 Å². The Morgan fingerprint density at radius 3 is 2.38 bits per heavy atom. The van der Waals surface area contributed by atoms with Crippen LogP contribution in [0.3, 0.4) is 0 Å². The van der Waals surface area contributed by atoms with Gasteiger partial charge in [-0.3, -0.25) is 4.79 Å². The zero-order valence-corrected chi connectivity index (χ0v) is 14.3. The van der Waals surface area contributed by atoms with Crippen LogP contribution in [0.15, 0.2) is 12.1 Å². The van der Waals surface area contributed by atoms with Crippen molar-refractivity contribution in [3.05, 3.63) is 22.2 Å².